The van der Waals surface area contributed by atoms with E-state index in [1.165, 1.54) is 19.3 Å². The average molecular weight is 249 g/mol. The minimum atomic E-state index is 0.399. The number of rotatable bonds is 4. The molecule has 18 heavy (non-hydrogen) atoms. The quantitative estimate of drug-likeness (QED) is 0.636. The standard InChI is InChI=1S/C14H23N3O/c1-10-5-11(2)7-13(6-10)18-9-12-3-4-14(17-15)16-8-12/h3-4,8,10-11,13H,5-7,9,15H2,1-2H3,(H,16,17). The van der Waals surface area contributed by atoms with E-state index in [9.17, 15) is 0 Å². The second-order valence-electron chi connectivity index (χ2n) is 5.55. The van der Waals surface area contributed by atoms with Crippen molar-refractivity contribution in [1.29, 1.82) is 0 Å². The van der Waals surface area contributed by atoms with E-state index in [-0.39, 0.29) is 0 Å². The van der Waals surface area contributed by atoms with Crippen molar-refractivity contribution in [1.82, 2.24) is 4.98 Å². The van der Waals surface area contributed by atoms with Gasteiger partial charge in [0.2, 0.25) is 0 Å². The van der Waals surface area contributed by atoms with Gasteiger partial charge in [0.05, 0.1) is 12.7 Å². The van der Waals surface area contributed by atoms with Crippen molar-refractivity contribution in [2.45, 2.75) is 45.8 Å². The van der Waals surface area contributed by atoms with Gasteiger partial charge in [0.15, 0.2) is 0 Å². The molecule has 100 valence electrons. The molecule has 0 aliphatic heterocycles. The molecule has 0 aromatic carbocycles. The van der Waals surface area contributed by atoms with Gasteiger partial charge >= 0.3 is 0 Å². The lowest BCUT2D eigenvalue weighted by Gasteiger charge is -2.31. The summed E-state index contributed by atoms with van der Waals surface area (Å²) in [4.78, 5) is 4.17. The van der Waals surface area contributed by atoms with E-state index in [4.69, 9.17) is 10.6 Å². The van der Waals surface area contributed by atoms with Gasteiger partial charge in [0.1, 0.15) is 5.82 Å². The third-order valence-electron chi connectivity index (χ3n) is 3.59. The normalized spacial score (nSPS) is 28.1. The van der Waals surface area contributed by atoms with Gasteiger partial charge in [-0.3, -0.25) is 0 Å². The fourth-order valence-electron chi connectivity index (χ4n) is 2.82. The molecule has 0 radical (unpaired) electrons. The molecule has 0 spiro atoms. The number of pyridine rings is 1. The first kappa shape index (κ1) is 13.3. The lowest BCUT2D eigenvalue weighted by Crippen LogP contribution is -2.26. The number of nitrogen functional groups attached to an aromatic ring is 1. The van der Waals surface area contributed by atoms with E-state index in [2.05, 4.69) is 24.3 Å². The Hall–Kier alpha value is -1.13. The number of nitrogens with two attached hydrogens (primary N) is 1. The van der Waals surface area contributed by atoms with Crippen LogP contribution in [0, 0.1) is 11.8 Å². The number of nitrogens with zero attached hydrogens (tertiary/aromatic N) is 1. The number of hydrogen-bond acceptors (Lipinski definition) is 4. The lowest BCUT2D eigenvalue weighted by molar-refractivity contribution is -0.00924. The van der Waals surface area contributed by atoms with Gasteiger partial charge in [0.25, 0.3) is 0 Å². The van der Waals surface area contributed by atoms with Crippen molar-refractivity contribution in [2.75, 3.05) is 5.43 Å². The molecule has 0 saturated heterocycles. The summed E-state index contributed by atoms with van der Waals surface area (Å²) >= 11 is 0. The Morgan fingerprint density at radius 1 is 1.28 bits per heavy atom. The molecular weight excluding hydrogens is 226 g/mol. The summed E-state index contributed by atoms with van der Waals surface area (Å²) in [7, 11) is 0. The predicted octanol–water partition coefficient (Wildman–Crippen LogP) is 2.71. The van der Waals surface area contributed by atoms with Gasteiger partial charge < -0.3 is 10.2 Å². The maximum atomic E-state index is 5.99. The van der Waals surface area contributed by atoms with Crippen LogP contribution in [0.15, 0.2) is 18.3 Å². The Labute approximate surface area is 109 Å². The monoisotopic (exact) mass is 249 g/mol. The van der Waals surface area contributed by atoms with Crippen LogP contribution in [-0.4, -0.2) is 11.1 Å². The van der Waals surface area contributed by atoms with Gasteiger partial charge in [-0.05, 0) is 42.7 Å². The highest BCUT2D eigenvalue weighted by Gasteiger charge is 2.24. The Kier molecular flexibility index (Phi) is 4.55. The van der Waals surface area contributed by atoms with E-state index in [1.807, 2.05) is 18.3 Å². The molecule has 1 aromatic heterocycles. The van der Waals surface area contributed by atoms with Crippen LogP contribution in [0.2, 0.25) is 0 Å². The van der Waals surface area contributed by atoms with E-state index < -0.39 is 0 Å². The number of hydrazine groups is 1. The van der Waals surface area contributed by atoms with E-state index in [0.29, 0.717) is 18.5 Å². The fraction of sp³-hybridized carbons (Fsp3) is 0.643. The highest BCUT2D eigenvalue weighted by molar-refractivity contribution is 5.33. The summed E-state index contributed by atoms with van der Waals surface area (Å²) in [6.45, 7) is 5.27. The SMILES string of the molecule is CC1CC(C)CC(OCc2ccc(NN)nc2)C1. The van der Waals surface area contributed by atoms with Crippen LogP contribution in [-0.2, 0) is 11.3 Å². The highest BCUT2D eigenvalue weighted by Crippen LogP contribution is 2.30. The Morgan fingerprint density at radius 3 is 2.56 bits per heavy atom. The minimum absolute atomic E-state index is 0.399. The van der Waals surface area contributed by atoms with Crippen LogP contribution in [0.5, 0.6) is 0 Å². The molecule has 1 aromatic rings. The van der Waals surface area contributed by atoms with Crippen LogP contribution >= 0.6 is 0 Å². The van der Waals surface area contributed by atoms with Crippen molar-refractivity contribution in [3.05, 3.63) is 23.9 Å². The van der Waals surface area contributed by atoms with E-state index >= 15 is 0 Å². The van der Waals surface area contributed by atoms with Gasteiger partial charge in [-0.15, -0.1) is 0 Å². The first-order valence-electron chi connectivity index (χ1n) is 6.70. The molecule has 2 unspecified atom stereocenters. The number of aromatic nitrogens is 1. The molecule has 2 rings (SSSR count). The van der Waals surface area contributed by atoms with Crippen LogP contribution in [0.4, 0.5) is 5.82 Å². The minimum Gasteiger partial charge on any atom is -0.373 e. The summed E-state index contributed by atoms with van der Waals surface area (Å²) in [6.07, 6.45) is 5.90. The molecule has 0 amide bonds. The average Bonchev–Trinajstić information content (AvgIpc) is 2.36. The summed E-state index contributed by atoms with van der Waals surface area (Å²) in [5.74, 6) is 7.51. The zero-order valence-corrected chi connectivity index (χ0v) is 11.2. The number of anilines is 1. The number of hydrogen-bond donors (Lipinski definition) is 2. The van der Waals surface area contributed by atoms with Crippen molar-refractivity contribution in [3.8, 4) is 0 Å². The smallest absolute Gasteiger partial charge is 0.139 e. The zero-order valence-electron chi connectivity index (χ0n) is 11.2. The van der Waals surface area contributed by atoms with Crippen LogP contribution in [0.1, 0.15) is 38.7 Å². The molecule has 1 aliphatic rings. The van der Waals surface area contributed by atoms with Crippen LogP contribution in [0.25, 0.3) is 0 Å². The maximum absolute atomic E-state index is 5.99. The van der Waals surface area contributed by atoms with E-state index in [0.717, 1.165) is 17.4 Å². The van der Waals surface area contributed by atoms with Gasteiger partial charge in [-0.2, -0.15) is 0 Å². The first-order chi connectivity index (χ1) is 8.67. The molecular formula is C14H23N3O. The zero-order chi connectivity index (χ0) is 13.0. The van der Waals surface area contributed by atoms with Crippen LogP contribution < -0.4 is 11.3 Å². The summed E-state index contributed by atoms with van der Waals surface area (Å²) in [6, 6.07) is 3.86. The molecule has 0 bridgehead atoms. The van der Waals surface area contributed by atoms with Crippen LogP contribution in [0.3, 0.4) is 0 Å². The lowest BCUT2D eigenvalue weighted by atomic mass is 9.82. The number of nitrogens with one attached hydrogen (secondary N) is 1. The largest absolute Gasteiger partial charge is 0.373 e. The van der Waals surface area contributed by atoms with Gasteiger partial charge in [-0.1, -0.05) is 19.9 Å². The molecule has 4 nitrogen and oxygen atoms in total. The van der Waals surface area contributed by atoms with Crippen molar-refractivity contribution in [2.24, 2.45) is 17.7 Å². The van der Waals surface area contributed by atoms with Crippen molar-refractivity contribution in [3.63, 3.8) is 0 Å². The second kappa shape index (κ2) is 6.16. The Balaban J connectivity index is 1.83. The maximum Gasteiger partial charge on any atom is 0.139 e. The Bertz CT molecular complexity index is 356. The molecule has 1 heterocycles. The third kappa shape index (κ3) is 3.68. The van der Waals surface area contributed by atoms with Gasteiger partial charge in [-0.25, -0.2) is 10.8 Å². The summed E-state index contributed by atoms with van der Waals surface area (Å²) in [5, 5.41) is 0. The fourth-order valence-corrected chi connectivity index (χ4v) is 2.82. The molecule has 1 saturated carbocycles. The molecule has 3 N–H and O–H groups in total. The number of ether oxygens (including phenoxy) is 1. The van der Waals surface area contributed by atoms with Gasteiger partial charge in [0, 0.05) is 6.20 Å². The van der Waals surface area contributed by atoms with Crippen molar-refractivity contribution < 1.29 is 4.74 Å². The molecule has 4 heteroatoms. The third-order valence-corrected chi connectivity index (χ3v) is 3.59. The first-order valence-corrected chi connectivity index (χ1v) is 6.70. The molecule has 1 aliphatic carbocycles. The second-order valence-corrected chi connectivity index (χ2v) is 5.55. The Morgan fingerprint density at radius 2 is 2.00 bits per heavy atom. The predicted molar refractivity (Wildman–Crippen MR) is 72.8 cm³/mol. The summed E-state index contributed by atoms with van der Waals surface area (Å²) < 4.78 is 5.99. The highest BCUT2D eigenvalue weighted by atomic mass is 16.5. The van der Waals surface area contributed by atoms with E-state index in [1.54, 1.807) is 0 Å². The molecule has 2 atom stereocenters. The van der Waals surface area contributed by atoms with Crippen molar-refractivity contribution >= 4 is 5.82 Å². The molecule has 1 fully saturated rings. The summed E-state index contributed by atoms with van der Waals surface area (Å²) in [5.41, 5.74) is 3.62. The topological polar surface area (TPSA) is 60.2 Å².